The molecule has 5 rings (SSSR count). The Balaban J connectivity index is 1.52. The van der Waals surface area contributed by atoms with Gasteiger partial charge in [0.15, 0.2) is 0 Å². The third-order valence-electron chi connectivity index (χ3n) is 7.19. The lowest BCUT2D eigenvalue weighted by Crippen LogP contribution is -2.48. The van der Waals surface area contributed by atoms with E-state index in [9.17, 15) is 19.5 Å². The van der Waals surface area contributed by atoms with Gasteiger partial charge in [0.05, 0.1) is 30.5 Å². The minimum absolute atomic E-state index is 0.0325. The number of anilines is 1. The molecule has 1 atom stereocenters. The van der Waals surface area contributed by atoms with Crippen LogP contribution in [0.15, 0.2) is 48.3 Å². The van der Waals surface area contributed by atoms with Crippen LogP contribution in [0.3, 0.4) is 0 Å². The first-order chi connectivity index (χ1) is 17.9. The number of carbonyl (C=O) groups is 3. The number of pyridine rings is 1. The highest BCUT2D eigenvalue weighted by Crippen LogP contribution is 2.43. The molecule has 0 spiro atoms. The first kappa shape index (κ1) is 24.6. The van der Waals surface area contributed by atoms with Crippen LogP contribution in [0.2, 0.25) is 0 Å². The number of aliphatic hydroxyl groups is 1. The Kier molecular flexibility index (Phi) is 6.73. The Bertz CT molecular complexity index is 1240. The van der Waals surface area contributed by atoms with Gasteiger partial charge in [-0.1, -0.05) is 6.07 Å². The Morgan fingerprint density at radius 2 is 1.97 bits per heavy atom. The van der Waals surface area contributed by atoms with Gasteiger partial charge in [-0.15, -0.1) is 0 Å². The van der Waals surface area contributed by atoms with E-state index in [4.69, 9.17) is 9.47 Å². The van der Waals surface area contributed by atoms with Crippen molar-refractivity contribution in [2.75, 3.05) is 44.8 Å². The molecule has 1 aromatic heterocycles. The highest BCUT2D eigenvalue weighted by atomic mass is 16.6. The molecule has 2 fully saturated rings. The molecule has 0 saturated carbocycles. The summed E-state index contributed by atoms with van der Waals surface area (Å²) in [7, 11) is 1.93. The van der Waals surface area contributed by atoms with Gasteiger partial charge in [-0.05, 0) is 49.6 Å². The average Bonchev–Trinajstić information content (AvgIpc) is 3.19. The number of ketones is 1. The minimum Gasteiger partial charge on any atom is -0.507 e. The van der Waals surface area contributed by atoms with Crippen molar-refractivity contribution in [3.8, 4) is 5.75 Å². The molecule has 10 heteroatoms. The molecule has 10 nitrogen and oxygen atoms in total. The lowest BCUT2D eigenvalue weighted by Gasteiger charge is -2.38. The normalized spacial score (nSPS) is 21.6. The van der Waals surface area contributed by atoms with Crippen LogP contribution >= 0.6 is 0 Å². The fourth-order valence-corrected chi connectivity index (χ4v) is 5.29. The maximum absolute atomic E-state index is 13.4. The number of aliphatic hydroxyl groups excluding tert-OH is 1. The molecule has 0 aliphatic carbocycles. The Morgan fingerprint density at radius 1 is 1.19 bits per heavy atom. The number of nitrogens with zero attached hydrogens (tertiary/aromatic N) is 4. The number of carbonyl (C=O) groups excluding carboxylic acids is 3. The van der Waals surface area contributed by atoms with E-state index in [0.29, 0.717) is 62.6 Å². The van der Waals surface area contributed by atoms with Crippen LogP contribution in [0.4, 0.5) is 10.5 Å². The zero-order valence-corrected chi connectivity index (χ0v) is 20.9. The molecule has 4 heterocycles. The number of aromatic nitrogens is 1. The monoisotopic (exact) mass is 506 g/mol. The highest BCUT2D eigenvalue weighted by molar-refractivity contribution is 6.46. The lowest BCUT2D eigenvalue weighted by molar-refractivity contribution is -0.142. The van der Waals surface area contributed by atoms with E-state index < -0.39 is 17.7 Å². The van der Waals surface area contributed by atoms with Crippen molar-refractivity contribution in [3.63, 3.8) is 0 Å². The van der Waals surface area contributed by atoms with E-state index in [2.05, 4.69) is 4.98 Å². The van der Waals surface area contributed by atoms with Gasteiger partial charge in [-0.3, -0.25) is 14.6 Å². The van der Waals surface area contributed by atoms with Gasteiger partial charge in [-0.2, -0.15) is 0 Å². The molecule has 194 valence electrons. The number of hydrogen-bond donors (Lipinski definition) is 1. The van der Waals surface area contributed by atoms with Gasteiger partial charge in [-0.25, -0.2) is 4.79 Å². The van der Waals surface area contributed by atoms with Crippen LogP contribution in [-0.2, 0) is 14.3 Å². The van der Waals surface area contributed by atoms with E-state index in [-0.39, 0.29) is 23.5 Å². The highest BCUT2D eigenvalue weighted by Gasteiger charge is 2.49. The Hall–Kier alpha value is -4.08. The summed E-state index contributed by atoms with van der Waals surface area (Å²) in [6.45, 7) is 4.12. The summed E-state index contributed by atoms with van der Waals surface area (Å²) in [6, 6.07) is 7.68. The topological polar surface area (TPSA) is 113 Å². The molecule has 2 saturated heterocycles. The van der Waals surface area contributed by atoms with E-state index in [1.165, 1.54) is 0 Å². The fourth-order valence-electron chi connectivity index (χ4n) is 5.29. The summed E-state index contributed by atoms with van der Waals surface area (Å²) in [5.74, 6) is -0.937. The number of likely N-dealkylation sites (tertiary alicyclic amines) is 2. The molecule has 1 N–H and O–H groups in total. The summed E-state index contributed by atoms with van der Waals surface area (Å²) in [4.78, 5) is 48.4. The molecule has 2 amide bonds. The number of fused-ring (bicyclic) bond motifs is 1. The third kappa shape index (κ3) is 4.47. The maximum atomic E-state index is 13.4. The van der Waals surface area contributed by atoms with Crippen LogP contribution in [-0.4, -0.2) is 83.6 Å². The summed E-state index contributed by atoms with van der Waals surface area (Å²) in [6.07, 6.45) is 3.83. The van der Waals surface area contributed by atoms with Crippen molar-refractivity contribution in [2.45, 2.75) is 31.8 Å². The van der Waals surface area contributed by atoms with Gasteiger partial charge in [0.2, 0.25) is 0 Å². The number of likely N-dealkylation sites (N-methyl/N-ethyl adjacent to an activating group) is 1. The zero-order chi connectivity index (χ0) is 26.1. The number of piperidine rings is 1. The standard InChI is InChI=1S/C27H30N4O6/c1-3-36-27(35)30-11-8-19(9-12-30)31-23(18-5-4-10-28-16-18)22(25(33)26(31)34)24(32)17-6-7-21-20(15-17)29(2)13-14-37-21/h4-7,10,15-16,19,23,32H,3,8-9,11-14H2,1-2H3/b24-22-. The molecule has 1 unspecified atom stereocenters. The van der Waals surface area contributed by atoms with Crippen LogP contribution in [0.5, 0.6) is 5.75 Å². The van der Waals surface area contributed by atoms with Crippen molar-refractivity contribution in [2.24, 2.45) is 0 Å². The van der Waals surface area contributed by atoms with Crippen molar-refractivity contribution >= 4 is 29.2 Å². The number of rotatable bonds is 4. The van der Waals surface area contributed by atoms with Crippen LogP contribution in [0, 0.1) is 0 Å². The molecule has 0 bridgehead atoms. The molecular weight excluding hydrogens is 476 g/mol. The fraction of sp³-hybridized carbons (Fsp3) is 0.407. The minimum atomic E-state index is -0.794. The molecule has 1 aromatic carbocycles. The van der Waals surface area contributed by atoms with Gasteiger partial charge >= 0.3 is 6.09 Å². The third-order valence-corrected chi connectivity index (χ3v) is 7.19. The van der Waals surface area contributed by atoms with Crippen molar-refractivity contribution in [3.05, 3.63) is 59.4 Å². The van der Waals surface area contributed by atoms with Crippen molar-refractivity contribution in [1.29, 1.82) is 0 Å². The van der Waals surface area contributed by atoms with Crippen LogP contribution in [0.25, 0.3) is 5.76 Å². The van der Waals surface area contributed by atoms with Gasteiger partial charge < -0.3 is 29.3 Å². The number of ether oxygens (including phenoxy) is 2. The first-order valence-electron chi connectivity index (χ1n) is 12.5. The smallest absolute Gasteiger partial charge is 0.409 e. The summed E-state index contributed by atoms with van der Waals surface area (Å²) in [5, 5.41) is 11.4. The summed E-state index contributed by atoms with van der Waals surface area (Å²) < 4.78 is 10.8. The lowest BCUT2D eigenvalue weighted by atomic mass is 9.94. The second-order valence-electron chi connectivity index (χ2n) is 9.36. The van der Waals surface area contributed by atoms with E-state index in [1.54, 1.807) is 59.4 Å². The van der Waals surface area contributed by atoms with Crippen molar-refractivity contribution in [1.82, 2.24) is 14.8 Å². The van der Waals surface area contributed by atoms with Crippen molar-refractivity contribution < 1.29 is 29.0 Å². The molecular formula is C27H30N4O6. The van der Waals surface area contributed by atoms with E-state index in [0.717, 1.165) is 5.69 Å². The first-order valence-corrected chi connectivity index (χ1v) is 12.5. The van der Waals surface area contributed by atoms with Gasteiger partial charge in [0.25, 0.3) is 11.7 Å². The quantitative estimate of drug-likeness (QED) is 0.383. The Labute approximate surface area is 215 Å². The van der Waals surface area contributed by atoms with Gasteiger partial charge in [0.1, 0.15) is 18.1 Å². The summed E-state index contributed by atoms with van der Waals surface area (Å²) in [5.41, 5.74) is 1.90. The average molecular weight is 507 g/mol. The summed E-state index contributed by atoms with van der Waals surface area (Å²) >= 11 is 0. The number of hydrogen-bond acceptors (Lipinski definition) is 8. The second-order valence-corrected chi connectivity index (χ2v) is 9.36. The number of benzene rings is 1. The molecule has 3 aliphatic heterocycles. The largest absolute Gasteiger partial charge is 0.507 e. The molecule has 37 heavy (non-hydrogen) atoms. The second kappa shape index (κ2) is 10.1. The number of Topliss-reactive ketones (excluding diaryl/α,β-unsaturated/α-hetero) is 1. The number of amides is 2. The van der Waals surface area contributed by atoms with E-state index in [1.807, 2.05) is 11.9 Å². The molecule has 3 aliphatic rings. The Morgan fingerprint density at radius 3 is 2.68 bits per heavy atom. The van der Waals surface area contributed by atoms with Gasteiger partial charge in [0, 0.05) is 44.1 Å². The zero-order valence-electron chi connectivity index (χ0n) is 20.9. The molecule has 2 aromatic rings. The van der Waals surface area contributed by atoms with E-state index >= 15 is 0 Å². The predicted molar refractivity (Wildman–Crippen MR) is 135 cm³/mol. The van der Waals surface area contributed by atoms with Crippen LogP contribution < -0.4 is 9.64 Å². The molecule has 0 radical (unpaired) electrons. The SMILES string of the molecule is CCOC(=O)N1CCC(N2C(=O)C(=O)/C(=C(\O)c3ccc4c(c3)N(C)CCO4)C2c2cccnc2)CC1. The maximum Gasteiger partial charge on any atom is 0.409 e. The predicted octanol–water partition coefficient (Wildman–Crippen LogP) is 2.95. The van der Waals surface area contributed by atoms with Crippen LogP contribution in [0.1, 0.15) is 36.9 Å².